The van der Waals surface area contributed by atoms with Gasteiger partial charge in [-0.05, 0) is 103 Å². The number of amides is 1. The molecule has 3 aromatic rings. The Morgan fingerprint density at radius 3 is 2.13 bits per heavy atom. The first-order valence-electron chi connectivity index (χ1n) is 17.4. The summed E-state index contributed by atoms with van der Waals surface area (Å²) in [4.78, 5) is 34.4. The van der Waals surface area contributed by atoms with Crippen molar-refractivity contribution in [3.05, 3.63) is 82.7 Å². The van der Waals surface area contributed by atoms with Gasteiger partial charge >= 0.3 is 5.97 Å². The maximum absolute atomic E-state index is 13.8. The predicted molar refractivity (Wildman–Crippen MR) is 189 cm³/mol. The first kappa shape index (κ1) is 34.6. The Labute approximate surface area is 281 Å². The van der Waals surface area contributed by atoms with Crippen LogP contribution in [0, 0.1) is 19.3 Å². The molecule has 1 aromatic heterocycles. The van der Waals surface area contributed by atoms with E-state index in [0.29, 0.717) is 17.5 Å². The molecule has 2 fully saturated rings. The van der Waals surface area contributed by atoms with Crippen molar-refractivity contribution < 1.29 is 19.1 Å². The lowest BCUT2D eigenvalue weighted by Crippen LogP contribution is -2.42. The van der Waals surface area contributed by atoms with E-state index in [1.54, 1.807) is 0 Å². The van der Waals surface area contributed by atoms with Crippen molar-refractivity contribution in [1.82, 2.24) is 10.3 Å². The normalized spacial score (nSPS) is 17.1. The van der Waals surface area contributed by atoms with Gasteiger partial charge in [-0.3, -0.25) is 9.78 Å². The third kappa shape index (κ3) is 8.42. The molecular weight excluding hydrogens is 586 g/mol. The number of anilines is 1. The summed E-state index contributed by atoms with van der Waals surface area (Å²) in [5.41, 5.74) is 6.81. The second kappa shape index (κ2) is 14.6. The maximum atomic E-state index is 13.8. The van der Waals surface area contributed by atoms with Crippen molar-refractivity contribution >= 4 is 17.6 Å². The van der Waals surface area contributed by atoms with Gasteiger partial charge in [0, 0.05) is 47.7 Å². The Kier molecular flexibility index (Phi) is 10.7. The number of carbonyl (C=O) groups is 2. The van der Waals surface area contributed by atoms with E-state index in [-0.39, 0.29) is 12.0 Å². The predicted octanol–water partition coefficient (Wildman–Crippen LogP) is 8.65. The highest BCUT2D eigenvalue weighted by Crippen LogP contribution is 2.49. The van der Waals surface area contributed by atoms with Gasteiger partial charge < -0.3 is 19.7 Å². The molecule has 2 aromatic carbocycles. The standard InChI is InChI=1S/C40H53N3O4/c1-27(2)46-38(45)36(47-39(5,6)7)34-29(4)42-28(3)33(35(34)43-24-22-40(23-25-43)20-12-9-13-21-40)31-16-18-32(19-17-31)37(44)41-26-30-14-10-8-11-15-30/h8,10-11,14-19,27,36H,9,12-13,20-26H2,1-7H3,(H,41,44). The molecule has 1 atom stereocenters. The molecule has 0 radical (unpaired) electrons. The summed E-state index contributed by atoms with van der Waals surface area (Å²) in [5.74, 6) is -0.522. The van der Waals surface area contributed by atoms with Crippen molar-refractivity contribution in [2.24, 2.45) is 5.41 Å². The van der Waals surface area contributed by atoms with Gasteiger partial charge in [-0.25, -0.2) is 4.79 Å². The van der Waals surface area contributed by atoms with Gasteiger partial charge in [-0.1, -0.05) is 61.7 Å². The van der Waals surface area contributed by atoms with Crippen molar-refractivity contribution in [1.29, 1.82) is 0 Å². The summed E-state index contributed by atoms with van der Waals surface area (Å²) in [5, 5.41) is 3.03. The van der Waals surface area contributed by atoms with E-state index in [0.717, 1.165) is 65.3 Å². The molecule has 252 valence electrons. The number of nitrogens with one attached hydrogen (secondary N) is 1. The Morgan fingerprint density at radius 2 is 1.53 bits per heavy atom. The van der Waals surface area contributed by atoms with E-state index in [1.165, 1.54) is 32.1 Å². The number of ether oxygens (including phenoxy) is 2. The number of carbonyl (C=O) groups excluding carboxylic acids is 2. The highest BCUT2D eigenvalue weighted by atomic mass is 16.6. The van der Waals surface area contributed by atoms with Gasteiger partial charge in [0.2, 0.25) is 0 Å². The first-order chi connectivity index (χ1) is 22.4. The van der Waals surface area contributed by atoms with Gasteiger partial charge in [0.1, 0.15) is 0 Å². The quantitative estimate of drug-likeness (QED) is 0.236. The number of aromatic nitrogens is 1. The lowest BCUT2D eigenvalue weighted by Gasteiger charge is -2.46. The monoisotopic (exact) mass is 639 g/mol. The van der Waals surface area contributed by atoms with Gasteiger partial charge in [-0.15, -0.1) is 0 Å². The zero-order valence-electron chi connectivity index (χ0n) is 29.4. The smallest absolute Gasteiger partial charge is 0.340 e. The minimum absolute atomic E-state index is 0.121. The van der Waals surface area contributed by atoms with Crippen LogP contribution in [0.3, 0.4) is 0 Å². The molecule has 47 heavy (non-hydrogen) atoms. The molecule has 1 N–H and O–H groups in total. The number of hydrogen-bond acceptors (Lipinski definition) is 6. The number of hydrogen-bond donors (Lipinski definition) is 1. The molecule has 5 rings (SSSR count). The summed E-state index contributed by atoms with van der Waals surface area (Å²) >= 11 is 0. The Bertz CT molecular complexity index is 1530. The van der Waals surface area contributed by atoms with Gasteiger partial charge in [-0.2, -0.15) is 0 Å². The lowest BCUT2D eigenvalue weighted by molar-refractivity contribution is -0.171. The van der Waals surface area contributed by atoms with Crippen LogP contribution >= 0.6 is 0 Å². The van der Waals surface area contributed by atoms with E-state index < -0.39 is 17.7 Å². The molecule has 7 nitrogen and oxygen atoms in total. The second-order valence-electron chi connectivity index (χ2n) is 14.8. The van der Waals surface area contributed by atoms with Crippen molar-refractivity contribution in [2.45, 2.75) is 118 Å². The molecule has 0 bridgehead atoms. The first-order valence-corrected chi connectivity index (χ1v) is 17.4. The van der Waals surface area contributed by atoms with Crippen LogP contribution in [0.1, 0.15) is 119 Å². The van der Waals surface area contributed by atoms with Crippen LogP contribution in [-0.4, -0.2) is 41.7 Å². The van der Waals surface area contributed by atoms with Crippen molar-refractivity contribution in [2.75, 3.05) is 18.0 Å². The zero-order valence-corrected chi connectivity index (χ0v) is 29.4. The van der Waals surface area contributed by atoms with Gasteiger partial charge in [0.15, 0.2) is 6.10 Å². The minimum Gasteiger partial charge on any atom is -0.461 e. The molecule has 2 aliphatic rings. The van der Waals surface area contributed by atoms with E-state index in [1.807, 2.05) is 103 Å². The molecule has 1 unspecified atom stereocenters. The summed E-state index contributed by atoms with van der Waals surface area (Å²) < 4.78 is 12.4. The number of pyridine rings is 1. The van der Waals surface area contributed by atoms with Gasteiger partial charge in [0.25, 0.3) is 5.91 Å². The molecule has 1 amide bonds. The van der Waals surface area contributed by atoms with E-state index >= 15 is 0 Å². The summed E-state index contributed by atoms with van der Waals surface area (Å²) in [6, 6.07) is 17.7. The van der Waals surface area contributed by atoms with Crippen LogP contribution in [0.4, 0.5) is 5.69 Å². The van der Waals surface area contributed by atoms with Crippen LogP contribution in [0.15, 0.2) is 54.6 Å². The van der Waals surface area contributed by atoms with Crippen LogP contribution in [0.5, 0.6) is 0 Å². The molecule has 1 saturated heterocycles. The van der Waals surface area contributed by atoms with Crippen molar-refractivity contribution in [3.8, 4) is 11.1 Å². The summed E-state index contributed by atoms with van der Waals surface area (Å²) in [6.45, 7) is 15.9. The number of esters is 1. The third-order valence-corrected chi connectivity index (χ3v) is 9.66. The molecule has 1 aliphatic heterocycles. The van der Waals surface area contributed by atoms with Crippen LogP contribution in [-0.2, 0) is 20.8 Å². The van der Waals surface area contributed by atoms with E-state index in [4.69, 9.17) is 14.5 Å². The molecule has 1 spiro atoms. The lowest BCUT2D eigenvalue weighted by atomic mass is 9.68. The zero-order chi connectivity index (χ0) is 33.8. The fourth-order valence-corrected chi connectivity index (χ4v) is 7.38. The second-order valence-corrected chi connectivity index (χ2v) is 14.8. The molecule has 7 heteroatoms. The maximum Gasteiger partial charge on any atom is 0.340 e. The van der Waals surface area contributed by atoms with Crippen LogP contribution < -0.4 is 10.2 Å². The average Bonchev–Trinajstić information content (AvgIpc) is 3.03. The summed E-state index contributed by atoms with van der Waals surface area (Å²) in [6.07, 6.45) is 7.63. The fraction of sp³-hybridized carbons (Fsp3) is 0.525. The number of benzene rings is 2. The number of rotatable bonds is 9. The van der Waals surface area contributed by atoms with E-state index in [9.17, 15) is 9.59 Å². The SMILES string of the molecule is Cc1nc(C)c(C(OC(C)(C)C)C(=O)OC(C)C)c(N2CCC3(CCCCC3)CC2)c1-c1ccc(C(=O)NCc2ccccc2)cc1. The average molecular weight is 640 g/mol. The van der Waals surface area contributed by atoms with Crippen molar-refractivity contribution in [3.63, 3.8) is 0 Å². The highest BCUT2D eigenvalue weighted by molar-refractivity contribution is 5.95. The largest absolute Gasteiger partial charge is 0.461 e. The highest BCUT2D eigenvalue weighted by Gasteiger charge is 2.40. The summed E-state index contributed by atoms with van der Waals surface area (Å²) in [7, 11) is 0. The molecular formula is C40H53N3O4. The molecule has 2 heterocycles. The topological polar surface area (TPSA) is 80.8 Å². The van der Waals surface area contributed by atoms with Gasteiger partial charge in [0.05, 0.1) is 17.4 Å². The number of nitrogens with zero attached hydrogens (tertiary/aromatic N) is 2. The third-order valence-electron chi connectivity index (χ3n) is 9.66. The number of piperidine rings is 1. The molecule has 1 saturated carbocycles. The van der Waals surface area contributed by atoms with Crippen LogP contribution in [0.25, 0.3) is 11.1 Å². The van der Waals surface area contributed by atoms with Crippen LogP contribution in [0.2, 0.25) is 0 Å². The Hall–Kier alpha value is -3.71. The Morgan fingerprint density at radius 1 is 0.894 bits per heavy atom. The minimum atomic E-state index is -0.937. The Balaban J connectivity index is 1.56. The molecule has 1 aliphatic carbocycles. The fourth-order valence-electron chi connectivity index (χ4n) is 7.38. The number of aryl methyl sites for hydroxylation is 2. The van der Waals surface area contributed by atoms with E-state index in [2.05, 4.69) is 10.2 Å².